The molecule has 0 unspecified atom stereocenters. The van der Waals surface area contributed by atoms with E-state index in [2.05, 4.69) is 0 Å². The fourth-order valence-electron chi connectivity index (χ4n) is 0.993. The van der Waals surface area contributed by atoms with Crippen molar-refractivity contribution in [2.75, 3.05) is 5.73 Å². The van der Waals surface area contributed by atoms with Crippen LogP contribution in [0.1, 0.15) is 10.4 Å². The first-order valence-electron chi connectivity index (χ1n) is 3.50. The number of hydrogen-bond acceptors (Lipinski definition) is 5. The highest BCUT2D eigenvalue weighted by Crippen LogP contribution is 2.33. The molecule has 0 aromatic heterocycles. The van der Waals surface area contributed by atoms with Crippen LogP contribution in [0.2, 0.25) is 0 Å². The third-order valence-corrected chi connectivity index (χ3v) is 1.64. The first kappa shape index (κ1) is 9.78. The Morgan fingerprint density at radius 1 is 1.50 bits per heavy atom. The van der Waals surface area contributed by atoms with Crippen LogP contribution in [0.4, 0.5) is 11.4 Å². The van der Waals surface area contributed by atoms with E-state index in [4.69, 9.17) is 16.6 Å². The Morgan fingerprint density at radius 3 is 2.50 bits per heavy atom. The quantitative estimate of drug-likeness (QED) is 0.265. The van der Waals surface area contributed by atoms with Gasteiger partial charge < -0.3 is 16.6 Å². The summed E-state index contributed by atoms with van der Waals surface area (Å²) in [5.41, 5.74) is 8.65. The summed E-state index contributed by atoms with van der Waals surface area (Å²) in [5.74, 6) is -1.43. The van der Waals surface area contributed by atoms with Crippen molar-refractivity contribution >= 4 is 17.3 Å². The van der Waals surface area contributed by atoms with Crippen LogP contribution in [0.5, 0.6) is 5.75 Å². The van der Waals surface area contributed by atoms with E-state index < -0.39 is 28.0 Å². The lowest BCUT2D eigenvalue weighted by atomic mass is 10.1. The van der Waals surface area contributed by atoms with Crippen LogP contribution in [0.3, 0.4) is 0 Å². The molecule has 7 nitrogen and oxygen atoms in total. The minimum absolute atomic E-state index is 0.328. The van der Waals surface area contributed by atoms with Crippen LogP contribution in [0.25, 0.3) is 0 Å². The lowest BCUT2D eigenvalue weighted by molar-refractivity contribution is -0.384. The Kier molecular flexibility index (Phi) is 2.24. The van der Waals surface area contributed by atoms with E-state index in [1.54, 1.807) is 0 Å². The average molecular weight is 197 g/mol. The van der Waals surface area contributed by atoms with Crippen molar-refractivity contribution in [2.45, 2.75) is 0 Å². The number of nitro benzene ring substituents is 1. The summed E-state index contributed by atoms with van der Waals surface area (Å²) in [6, 6.07) is 2.12. The summed E-state index contributed by atoms with van der Waals surface area (Å²) < 4.78 is 0. The number of nitrogen functional groups attached to an aromatic ring is 1. The predicted octanol–water partition coefficient (Wildman–Crippen LogP) is -0.0185. The molecule has 1 aromatic carbocycles. The number of nitrogens with zero attached hydrogens (tertiary/aromatic N) is 1. The predicted molar refractivity (Wildman–Crippen MR) is 47.7 cm³/mol. The number of hydrogen-bond donors (Lipinski definition) is 3. The van der Waals surface area contributed by atoms with Gasteiger partial charge in [0.1, 0.15) is 11.3 Å². The topological polar surface area (TPSA) is 132 Å². The van der Waals surface area contributed by atoms with Gasteiger partial charge in [-0.15, -0.1) is 0 Å². The normalized spacial score (nSPS) is 9.71. The molecule has 74 valence electrons. The number of anilines is 1. The van der Waals surface area contributed by atoms with Crippen LogP contribution >= 0.6 is 0 Å². The fourth-order valence-corrected chi connectivity index (χ4v) is 0.993. The molecule has 0 atom stereocenters. The summed E-state index contributed by atoms with van der Waals surface area (Å²) in [6.45, 7) is 0. The zero-order chi connectivity index (χ0) is 10.9. The average Bonchev–Trinajstić information content (AvgIpc) is 2.08. The summed E-state index contributed by atoms with van der Waals surface area (Å²) in [5, 5.41) is 19.6. The minimum Gasteiger partial charge on any atom is -0.506 e. The highest BCUT2D eigenvalue weighted by molar-refractivity contribution is 5.99. The first-order valence-corrected chi connectivity index (χ1v) is 3.50. The Hall–Kier alpha value is -2.31. The SMILES string of the molecule is NC(=O)c1ccc(O)c(N)c1[N+](=O)[O-]. The van der Waals surface area contributed by atoms with Gasteiger partial charge in [-0.1, -0.05) is 0 Å². The Balaban J connectivity index is 3.53. The van der Waals surface area contributed by atoms with E-state index in [1.807, 2.05) is 0 Å². The van der Waals surface area contributed by atoms with Gasteiger partial charge in [0.25, 0.3) is 5.91 Å². The van der Waals surface area contributed by atoms with Gasteiger partial charge in [-0.05, 0) is 12.1 Å². The number of phenols is 1. The molecule has 0 fully saturated rings. The van der Waals surface area contributed by atoms with E-state index in [0.29, 0.717) is 0 Å². The van der Waals surface area contributed by atoms with Gasteiger partial charge in [0.05, 0.1) is 4.92 Å². The molecule has 0 aliphatic rings. The van der Waals surface area contributed by atoms with Crippen LogP contribution in [0, 0.1) is 10.1 Å². The second-order valence-electron chi connectivity index (χ2n) is 2.52. The minimum atomic E-state index is -0.969. The van der Waals surface area contributed by atoms with Crippen molar-refractivity contribution in [3.63, 3.8) is 0 Å². The van der Waals surface area contributed by atoms with Gasteiger partial charge in [-0.25, -0.2) is 0 Å². The van der Waals surface area contributed by atoms with Gasteiger partial charge in [-0.3, -0.25) is 14.9 Å². The number of carbonyl (C=O) groups is 1. The third-order valence-electron chi connectivity index (χ3n) is 1.64. The maximum Gasteiger partial charge on any atom is 0.308 e. The summed E-state index contributed by atoms with van der Waals surface area (Å²) >= 11 is 0. The van der Waals surface area contributed by atoms with E-state index in [0.717, 1.165) is 12.1 Å². The molecule has 5 N–H and O–H groups in total. The lowest BCUT2D eigenvalue weighted by Gasteiger charge is -2.03. The van der Waals surface area contributed by atoms with Crippen molar-refractivity contribution in [1.29, 1.82) is 0 Å². The molecule has 0 spiro atoms. The van der Waals surface area contributed by atoms with E-state index in [9.17, 15) is 14.9 Å². The second kappa shape index (κ2) is 3.21. The molecule has 0 aliphatic carbocycles. The van der Waals surface area contributed by atoms with Crippen molar-refractivity contribution in [3.8, 4) is 5.75 Å². The molecule has 14 heavy (non-hydrogen) atoms. The van der Waals surface area contributed by atoms with Gasteiger partial charge in [-0.2, -0.15) is 0 Å². The van der Waals surface area contributed by atoms with Crippen molar-refractivity contribution < 1.29 is 14.8 Å². The lowest BCUT2D eigenvalue weighted by Crippen LogP contribution is -2.14. The van der Waals surface area contributed by atoms with Crippen molar-refractivity contribution in [1.82, 2.24) is 0 Å². The maximum atomic E-state index is 10.8. The zero-order valence-electron chi connectivity index (χ0n) is 6.93. The number of amides is 1. The number of phenolic OH excluding ortho intramolecular Hbond substituents is 1. The second-order valence-corrected chi connectivity index (χ2v) is 2.52. The molecule has 1 amide bonds. The Labute approximate surface area is 78.1 Å². The molecular formula is C7H7N3O4. The monoisotopic (exact) mass is 197 g/mol. The molecule has 0 radical (unpaired) electrons. The van der Waals surface area contributed by atoms with Gasteiger partial charge >= 0.3 is 5.69 Å². The Bertz CT molecular complexity index is 416. The molecule has 0 heterocycles. The standard InChI is InChI=1S/C7H7N3O4/c8-5-4(11)2-1-3(7(9)12)6(5)10(13)14/h1-2,11H,8H2,(H2,9,12). The first-order chi connectivity index (χ1) is 6.45. The highest BCUT2D eigenvalue weighted by atomic mass is 16.6. The van der Waals surface area contributed by atoms with Gasteiger partial charge in [0.15, 0.2) is 5.69 Å². The maximum absolute atomic E-state index is 10.8. The zero-order valence-corrected chi connectivity index (χ0v) is 6.93. The molecular weight excluding hydrogens is 190 g/mol. The van der Waals surface area contributed by atoms with Crippen molar-refractivity contribution in [2.24, 2.45) is 5.73 Å². The number of aromatic hydroxyl groups is 1. The Morgan fingerprint density at radius 2 is 2.07 bits per heavy atom. The van der Waals surface area contributed by atoms with E-state index in [-0.39, 0.29) is 5.56 Å². The number of benzene rings is 1. The van der Waals surface area contributed by atoms with Gasteiger partial charge in [0.2, 0.25) is 0 Å². The van der Waals surface area contributed by atoms with Crippen LogP contribution in [-0.2, 0) is 0 Å². The number of carbonyl (C=O) groups excluding carboxylic acids is 1. The number of nitro groups is 1. The summed E-state index contributed by atoms with van der Waals surface area (Å²) in [7, 11) is 0. The van der Waals surface area contributed by atoms with Crippen LogP contribution in [-0.4, -0.2) is 15.9 Å². The smallest absolute Gasteiger partial charge is 0.308 e. The molecule has 0 bridgehead atoms. The molecule has 0 aliphatic heterocycles. The van der Waals surface area contributed by atoms with E-state index in [1.165, 1.54) is 0 Å². The number of nitrogens with two attached hydrogens (primary N) is 2. The van der Waals surface area contributed by atoms with Crippen molar-refractivity contribution in [3.05, 3.63) is 27.8 Å². The molecule has 0 saturated heterocycles. The molecule has 1 rings (SSSR count). The molecule has 1 aromatic rings. The number of rotatable bonds is 2. The van der Waals surface area contributed by atoms with E-state index >= 15 is 0 Å². The highest BCUT2D eigenvalue weighted by Gasteiger charge is 2.23. The van der Waals surface area contributed by atoms with Gasteiger partial charge in [0, 0.05) is 0 Å². The fraction of sp³-hybridized carbons (Fsp3) is 0. The summed E-state index contributed by atoms with van der Waals surface area (Å²) in [6.07, 6.45) is 0. The molecule has 0 saturated carbocycles. The largest absolute Gasteiger partial charge is 0.506 e. The number of primary amides is 1. The third kappa shape index (κ3) is 1.42. The molecule has 7 heteroatoms. The van der Waals surface area contributed by atoms with Crippen LogP contribution < -0.4 is 11.5 Å². The van der Waals surface area contributed by atoms with Crippen LogP contribution in [0.15, 0.2) is 12.1 Å². The summed E-state index contributed by atoms with van der Waals surface area (Å²) in [4.78, 5) is 20.4.